The van der Waals surface area contributed by atoms with Gasteiger partial charge in [-0.25, -0.2) is 14.8 Å². The molecule has 0 bridgehead atoms. The molecule has 0 radical (unpaired) electrons. The molecule has 8 heteroatoms. The molecule has 5 aromatic rings. The average molecular weight is 509 g/mol. The van der Waals surface area contributed by atoms with Crippen molar-refractivity contribution in [3.8, 4) is 16.9 Å². The van der Waals surface area contributed by atoms with Crippen LogP contribution in [0.1, 0.15) is 49.1 Å². The van der Waals surface area contributed by atoms with E-state index < -0.39 is 17.7 Å². The van der Waals surface area contributed by atoms with Gasteiger partial charge in [-0.05, 0) is 74.2 Å². The van der Waals surface area contributed by atoms with Crippen LogP contribution >= 0.6 is 0 Å². The van der Waals surface area contributed by atoms with Crippen LogP contribution in [0.5, 0.6) is 0 Å². The molecule has 0 spiro atoms. The number of carboxylic acids is 1. The second kappa shape index (κ2) is 9.01. The highest BCUT2D eigenvalue weighted by Gasteiger charge is 2.32. The number of carboxylic acid groups (broad SMARTS) is 1. The number of carbonyl (C=O) groups is 1. The molecule has 0 fully saturated rings. The van der Waals surface area contributed by atoms with Gasteiger partial charge in [-0.3, -0.25) is 9.55 Å². The van der Waals surface area contributed by atoms with Gasteiger partial charge in [-0.2, -0.15) is 0 Å². The minimum atomic E-state index is -1.18. The maximum atomic E-state index is 12.7. The zero-order valence-electron chi connectivity index (χ0n) is 21.7. The van der Waals surface area contributed by atoms with Crippen molar-refractivity contribution in [3.05, 3.63) is 83.6 Å². The van der Waals surface area contributed by atoms with Gasteiger partial charge in [-0.1, -0.05) is 12.1 Å². The fourth-order valence-electron chi connectivity index (χ4n) is 5.29. The van der Waals surface area contributed by atoms with E-state index in [4.69, 9.17) is 19.4 Å². The summed E-state index contributed by atoms with van der Waals surface area (Å²) in [6.45, 7) is 8.53. The first-order valence-electron chi connectivity index (χ1n) is 12.5. The third-order valence-electron chi connectivity index (χ3n) is 6.80. The first-order valence-corrected chi connectivity index (χ1v) is 12.5. The third-order valence-corrected chi connectivity index (χ3v) is 6.80. The Morgan fingerprint density at radius 3 is 2.61 bits per heavy atom. The molecule has 0 saturated carbocycles. The van der Waals surface area contributed by atoms with Crippen molar-refractivity contribution < 1.29 is 19.4 Å². The predicted octanol–water partition coefficient (Wildman–Crippen LogP) is 5.92. The Hall–Kier alpha value is -4.14. The summed E-state index contributed by atoms with van der Waals surface area (Å²) in [6.07, 6.45) is 5.85. The van der Waals surface area contributed by atoms with Crippen LogP contribution in [0.3, 0.4) is 0 Å². The molecule has 0 unspecified atom stereocenters. The number of fused-ring (bicyclic) bond motifs is 1. The molecular formula is C30H28N4O4. The monoisotopic (exact) mass is 508 g/mol. The van der Waals surface area contributed by atoms with Crippen molar-refractivity contribution in [2.75, 3.05) is 0 Å². The molecule has 0 saturated heterocycles. The number of pyridine rings is 2. The number of imidazole rings is 1. The summed E-state index contributed by atoms with van der Waals surface area (Å²) < 4.78 is 13.8. The van der Waals surface area contributed by atoms with Crippen molar-refractivity contribution in [2.45, 2.75) is 52.6 Å². The van der Waals surface area contributed by atoms with Crippen LogP contribution in [0.2, 0.25) is 0 Å². The molecule has 1 aliphatic rings. The molecule has 1 N–H and O–H groups in total. The van der Waals surface area contributed by atoms with Crippen LogP contribution in [0, 0.1) is 6.92 Å². The van der Waals surface area contributed by atoms with Crippen LogP contribution in [0.15, 0.2) is 61.3 Å². The number of aryl methyl sites for hydroxylation is 1. The first-order chi connectivity index (χ1) is 18.2. The number of benzene rings is 2. The normalized spacial score (nSPS) is 14.2. The minimum absolute atomic E-state index is 0.512. The third kappa shape index (κ3) is 4.12. The smallest absolute Gasteiger partial charge is 0.337 e. The highest BCUT2D eigenvalue weighted by molar-refractivity contribution is 6.07. The van der Waals surface area contributed by atoms with Gasteiger partial charge in [0.1, 0.15) is 12.1 Å². The van der Waals surface area contributed by atoms with Gasteiger partial charge in [0, 0.05) is 40.5 Å². The maximum absolute atomic E-state index is 12.7. The van der Waals surface area contributed by atoms with E-state index in [1.807, 2.05) is 74.9 Å². The van der Waals surface area contributed by atoms with E-state index in [0.717, 1.165) is 55.4 Å². The number of rotatable bonds is 5. The van der Waals surface area contributed by atoms with E-state index in [0.29, 0.717) is 18.8 Å². The molecule has 0 amide bonds. The molecule has 1 aliphatic heterocycles. The van der Waals surface area contributed by atoms with Crippen molar-refractivity contribution in [1.29, 1.82) is 0 Å². The van der Waals surface area contributed by atoms with Gasteiger partial charge in [-0.15, -0.1) is 0 Å². The van der Waals surface area contributed by atoms with Crippen LogP contribution in [0.25, 0.3) is 38.8 Å². The average Bonchev–Trinajstić information content (AvgIpc) is 3.42. The molecule has 8 nitrogen and oxygen atoms in total. The number of hydrogen-bond acceptors (Lipinski definition) is 6. The van der Waals surface area contributed by atoms with E-state index in [9.17, 15) is 9.90 Å². The summed E-state index contributed by atoms with van der Waals surface area (Å²) in [6, 6.07) is 11.9. The van der Waals surface area contributed by atoms with Gasteiger partial charge >= 0.3 is 5.97 Å². The van der Waals surface area contributed by atoms with Gasteiger partial charge in [0.15, 0.2) is 6.10 Å². The molecule has 6 rings (SSSR count). The van der Waals surface area contributed by atoms with Crippen LogP contribution in [0.4, 0.5) is 0 Å². The van der Waals surface area contributed by atoms with Gasteiger partial charge < -0.3 is 14.6 Å². The maximum Gasteiger partial charge on any atom is 0.337 e. The van der Waals surface area contributed by atoms with Crippen molar-refractivity contribution >= 4 is 27.8 Å². The van der Waals surface area contributed by atoms with E-state index in [1.54, 1.807) is 18.7 Å². The number of nitrogens with zero attached hydrogens (tertiary/aromatic N) is 4. The Morgan fingerprint density at radius 1 is 1.11 bits per heavy atom. The van der Waals surface area contributed by atoms with Crippen LogP contribution in [-0.4, -0.2) is 36.2 Å². The molecule has 2 aromatic carbocycles. The van der Waals surface area contributed by atoms with Crippen LogP contribution in [-0.2, 0) is 27.5 Å². The fraction of sp³-hybridized carbons (Fsp3) is 0.267. The van der Waals surface area contributed by atoms with E-state index in [1.165, 1.54) is 0 Å². The van der Waals surface area contributed by atoms with E-state index in [2.05, 4.69) is 4.98 Å². The highest BCUT2D eigenvalue weighted by Crippen LogP contribution is 2.43. The summed E-state index contributed by atoms with van der Waals surface area (Å²) >= 11 is 0. The summed E-state index contributed by atoms with van der Waals surface area (Å²) in [7, 11) is 0. The fourth-order valence-corrected chi connectivity index (χ4v) is 5.29. The highest BCUT2D eigenvalue weighted by atomic mass is 16.5. The van der Waals surface area contributed by atoms with Crippen molar-refractivity contribution in [2.24, 2.45) is 0 Å². The number of ether oxygens (including phenoxy) is 2. The molecule has 38 heavy (non-hydrogen) atoms. The summed E-state index contributed by atoms with van der Waals surface area (Å²) in [5, 5.41) is 12.3. The van der Waals surface area contributed by atoms with Crippen molar-refractivity contribution in [1.82, 2.24) is 19.5 Å². The number of hydrogen-bond donors (Lipinski definition) is 1. The first kappa shape index (κ1) is 24.2. The van der Waals surface area contributed by atoms with Gasteiger partial charge in [0.25, 0.3) is 0 Å². The van der Waals surface area contributed by atoms with Gasteiger partial charge in [0.05, 0.1) is 29.8 Å². The molecule has 1 atom stereocenters. The Labute approximate surface area is 219 Å². The number of aliphatic carboxylic acids is 1. The van der Waals surface area contributed by atoms with E-state index in [-0.39, 0.29) is 0 Å². The molecular weight excluding hydrogens is 480 g/mol. The minimum Gasteiger partial charge on any atom is -0.479 e. The van der Waals surface area contributed by atoms with Gasteiger partial charge in [0.2, 0.25) is 0 Å². The topological polar surface area (TPSA) is 99.4 Å². The molecule has 192 valence electrons. The quantitative estimate of drug-likeness (QED) is 0.315. The Kier molecular flexibility index (Phi) is 5.74. The SMILES string of the molecule is Cc1cc2nc(-n3ccnc3)ccc2c(-c2ccc3c4c(ccnc24)COC3)c1[C@H](OC(C)(C)C)C(=O)O. The lowest BCUT2D eigenvalue weighted by molar-refractivity contribution is -0.160. The lowest BCUT2D eigenvalue weighted by Crippen LogP contribution is -2.28. The second-order valence-electron chi connectivity index (χ2n) is 10.6. The summed E-state index contributed by atoms with van der Waals surface area (Å²) in [5.74, 6) is -0.322. The summed E-state index contributed by atoms with van der Waals surface area (Å²) in [5.41, 5.74) is 6.01. The Bertz CT molecular complexity index is 1690. The van der Waals surface area contributed by atoms with E-state index >= 15 is 0 Å². The largest absolute Gasteiger partial charge is 0.479 e. The number of aromatic nitrogens is 4. The standard InChI is InChI=1S/C30H28N4O4/c1-17-13-22-20(7-8-23(33-22)34-12-11-31-16-34)26(24(17)28(29(35)36)38-30(2,3)4)21-6-5-18-14-37-15-19-9-10-32-27(21)25(18)19/h5-13,16,28H,14-15H2,1-4H3,(H,35,36)/t28-/m0/s1. The Balaban J connectivity index is 1.71. The summed E-state index contributed by atoms with van der Waals surface area (Å²) in [4.78, 5) is 26.6. The zero-order valence-corrected chi connectivity index (χ0v) is 21.7. The van der Waals surface area contributed by atoms with Crippen molar-refractivity contribution in [3.63, 3.8) is 0 Å². The lowest BCUT2D eigenvalue weighted by atomic mass is 9.86. The predicted molar refractivity (Wildman–Crippen MR) is 144 cm³/mol. The van der Waals surface area contributed by atoms with Crippen LogP contribution < -0.4 is 0 Å². The zero-order chi connectivity index (χ0) is 26.6. The molecule has 3 aromatic heterocycles. The second-order valence-corrected chi connectivity index (χ2v) is 10.6. The Morgan fingerprint density at radius 2 is 1.89 bits per heavy atom. The molecule has 4 heterocycles. The lowest BCUT2D eigenvalue weighted by Gasteiger charge is -2.29. The molecule has 0 aliphatic carbocycles.